The molecule has 1 unspecified atom stereocenters. The first-order valence-corrected chi connectivity index (χ1v) is 10.2. The lowest BCUT2D eigenvalue weighted by atomic mass is 9.95. The Balaban J connectivity index is 1.83. The van der Waals surface area contributed by atoms with Gasteiger partial charge < -0.3 is 5.11 Å². The number of rotatable bonds is 6. The van der Waals surface area contributed by atoms with Crippen LogP contribution in [-0.4, -0.2) is 21.7 Å². The summed E-state index contributed by atoms with van der Waals surface area (Å²) in [5, 5.41) is 22.1. The van der Waals surface area contributed by atoms with Crippen molar-refractivity contribution in [3.8, 4) is 0 Å². The maximum atomic E-state index is 13.2. The number of carbonyl (C=O) groups excluding carboxylic acids is 2. The van der Waals surface area contributed by atoms with Gasteiger partial charge >= 0.3 is 0 Å². The van der Waals surface area contributed by atoms with Gasteiger partial charge in [-0.3, -0.25) is 24.6 Å². The van der Waals surface area contributed by atoms with Gasteiger partial charge in [-0.15, -0.1) is 0 Å². The van der Waals surface area contributed by atoms with Crippen molar-refractivity contribution in [3.63, 3.8) is 0 Å². The summed E-state index contributed by atoms with van der Waals surface area (Å²) in [5.41, 5.74) is 2.16. The van der Waals surface area contributed by atoms with Crippen LogP contribution in [0.3, 0.4) is 0 Å². The van der Waals surface area contributed by atoms with E-state index in [9.17, 15) is 24.8 Å². The summed E-state index contributed by atoms with van der Waals surface area (Å²) in [6.07, 6.45) is 2.88. The normalized spacial score (nSPS) is 16.0. The van der Waals surface area contributed by atoms with Crippen LogP contribution in [0.25, 0.3) is 6.08 Å². The first kappa shape index (κ1) is 21.7. The quantitative estimate of drug-likeness (QED) is 0.327. The molecule has 0 spiro atoms. The molecule has 1 atom stereocenters. The van der Waals surface area contributed by atoms with Crippen molar-refractivity contribution in [3.05, 3.63) is 123 Å². The summed E-state index contributed by atoms with van der Waals surface area (Å²) in [6.45, 7) is 1.86. The lowest BCUT2D eigenvalue weighted by Crippen LogP contribution is -2.31. The van der Waals surface area contributed by atoms with Crippen LogP contribution in [0.4, 0.5) is 11.4 Å². The van der Waals surface area contributed by atoms with Gasteiger partial charge in [-0.25, -0.2) is 0 Å². The predicted molar refractivity (Wildman–Crippen MR) is 125 cm³/mol. The van der Waals surface area contributed by atoms with Crippen molar-refractivity contribution in [2.24, 2.45) is 0 Å². The fraction of sp³-hybridized carbons (Fsp3) is 0.0769. The van der Waals surface area contributed by atoms with Gasteiger partial charge in [0.05, 0.1) is 16.5 Å². The standard InChI is InChI=1S/C26H20N2O5/c1-17-7-5-11-20(15-17)27-24(19-10-6-12-21(16-19)28(32)33)23(25(30)26(27)31)22(29)14-13-18-8-3-2-4-9-18/h2-16,24,30H,1H3/b14-13+. The number of nitro benzene ring substituents is 1. The van der Waals surface area contributed by atoms with Crippen molar-refractivity contribution in [2.45, 2.75) is 13.0 Å². The molecule has 0 saturated carbocycles. The molecule has 1 heterocycles. The summed E-state index contributed by atoms with van der Waals surface area (Å²) in [6, 6.07) is 20.9. The number of aryl methyl sites for hydroxylation is 1. The number of nitro groups is 1. The summed E-state index contributed by atoms with van der Waals surface area (Å²) in [7, 11) is 0. The van der Waals surface area contributed by atoms with Gasteiger partial charge in [0.2, 0.25) is 0 Å². The molecule has 1 aliphatic rings. The fourth-order valence-electron chi connectivity index (χ4n) is 3.85. The molecule has 4 rings (SSSR count). The van der Waals surface area contributed by atoms with Crippen molar-refractivity contribution >= 4 is 29.1 Å². The average Bonchev–Trinajstić information content (AvgIpc) is 3.09. The number of hydrogen-bond donors (Lipinski definition) is 1. The van der Waals surface area contributed by atoms with E-state index in [1.807, 2.05) is 43.3 Å². The molecule has 0 saturated heterocycles. The Labute approximate surface area is 190 Å². The number of aliphatic hydroxyl groups excluding tert-OH is 1. The predicted octanol–water partition coefficient (Wildman–Crippen LogP) is 5.09. The minimum atomic E-state index is -1.02. The maximum Gasteiger partial charge on any atom is 0.294 e. The highest BCUT2D eigenvalue weighted by Crippen LogP contribution is 2.42. The highest BCUT2D eigenvalue weighted by Gasteiger charge is 2.44. The van der Waals surface area contributed by atoms with Crippen LogP contribution in [0, 0.1) is 17.0 Å². The first-order valence-electron chi connectivity index (χ1n) is 10.2. The van der Waals surface area contributed by atoms with Crippen molar-refractivity contribution in [1.29, 1.82) is 0 Å². The molecule has 0 aromatic heterocycles. The summed E-state index contributed by atoms with van der Waals surface area (Å²) in [5.74, 6) is -1.97. The lowest BCUT2D eigenvalue weighted by Gasteiger charge is -2.27. The Morgan fingerprint density at radius 2 is 1.76 bits per heavy atom. The third kappa shape index (κ3) is 4.29. The highest BCUT2D eigenvalue weighted by molar-refractivity contribution is 6.19. The Morgan fingerprint density at radius 3 is 2.45 bits per heavy atom. The number of allylic oxidation sites excluding steroid dienone is 1. The molecule has 164 valence electrons. The van der Waals surface area contributed by atoms with E-state index in [1.165, 1.54) is 29.2 Å². The molecule has 0 aliphatic carbocycles. The van der Waals surface area contributed by atoms with Gasteiger partial charge in [-0.1, -0.05) is 60.7 Å². The SMILES string of the molecule is Cc1cccc(N2C(=O)C(O)=C(C(=O)/C=C/c3ccccc3)C2c2cccc([N+](=O)[O-])c2)c1. The number of benzene rings is 3. The molecule has 3 aromatic carbocycles. The molecule has 0 radical (unpaired) electrons. The van der Waals surface area contributed by atoms with Gasteiger partial charge in [0.25, 0.3) is 11.6 Å². The second-order valence-corrected chi connectivity index (χ2v) is 7.64. The van der Waals surface area contributed by atoms with E-state index < -0.39 is 28.4 Å². The van der Waals surface area contributed by atoms with E-state index in [1.54, 1.807) is 30.3 Å². The van der Waals surface area contributed by atoms with Crippen LogP contribution in [0.5, 0.6) is 0 Å². The third-order valence-corrected chi connectivity index (χ3v) is 5.38. The smallest absolute Gasteiger partial charge is 0.294 e. The number of anilines is 1. The van der Waals surface area contributed by atoms with Crippen LogP contribution >= 0.6 is 0 Å². The largest absolute Gasteiger partial charge is 0.503 e. The minimum Gasteiger partial charge on any atom is -0.503 e. The Kier molecular flexibility index (Phi) is 5.87. The first-order chi connectivity index (χ1) is 15.9. The van der Waals surface area contributed by atoms with Crippen molar-refractivity contribution in [2.75, 3.05) is 4.90 Å². The molecule has 1 aliphatic heterocycles. The number of ketones is 1. The number of aliphatic hydroxyl groups is 1. The number of non-ortho nitro benzene ring substituents is 1. The monoisotopic (exact) mass is 440 g/mol. The molecule has 1 amide bonds. The summed E-state index contributed by atoms with van der Waals surface area (Å²) >= 11 is 0. The fourth-order valence-corrected chi connectivity index (χ4v) is 3.85. The second kappa shape index (κ2) is 8.92. The van der Waals surface area contributed by atoms with Crippen LogP contribution < -0.4 is 4.90 Å². The number of hydrogen-bond acceptors (Lipinski definition) is 5. The van der Waals surface area contributed by atoms with Gasteiger partial charge in [0, 0.05) is 17.8 Å². The molecule has 0 fully saturated rings. The topological polar surface area (TPSA) is 101 Å². The number of amides is 1. The van der Waals surface area contributed by atoms with Crippen LogP contribution in [-0.2, 0) is 9.59 Å². The van der Waals surface area contributed by atoms with E-state index in [0.29, 0.717) is 11.3 Å². The van der Waals surface area contributed by atoms with E-state index in [-0.39, 0.29) is 11.3 Å². The zero-order valence-corrected chi connectivity index (χ0v) is 17.7. The molecule has 3 aromatic rings. The lowest BCUT2D eigenvalue weighted by molar-refractivity contribution is -0.384. The second-order valence-electron chi connectivity index (χ2n) is 7.64. The number of carbonyl (C=O) groups is 2. The molecule has 33 heavy (non-hydrogen) atoms. The zero-order valence-electron chi connectivity index (χ0n) is 17.7. The van der Waals surface area contributed by atoms with E-state index in [0.717, 1.165) is 11.1 Å². The minimum absolute atomic E-state index is 0.130. The molecular formula is C26H20N2O5. The Bertz CT molecular complexity index is 1310. The molecule has 0 bridgehead atoms. The molecular weight excluding hydrogens is 420 g/mol. The summed E-state index contributed by atoms with van der Waals surface area (Å²) < 4.78 is 0. The number of nitrogens with zero attached hydrogens (tertiary/aromatic N) is 2. The third-order valence-electron chi connectivity index (χ3n) is 5.38. The Morgan fingerprint density at radius 1 is 1.03 bits per heavy atom. The van der Waals surface area contributed by atoms with Crippen LogP contribution in [0.1, 0.15) is 22.7 Å². The van der Waals surface area contributed by atoms with Crippen LogP contribution in [0.2, 0.25) is 0 Å². The van der Waals surface area contributed by atoms with E-state index in [2.05, 4.69) is 0 Å². The Hall–Kier alpha value is -4.52. The van der Waals surface area contributed by atoms with Gasteiger partial charge in [0.1, 0.15) is 0 Å². The van der Waals surface area contributed by atoms with Crippen molar-refractivity contribution < 1.29 is 19.6 Å². The highest BCUT2D eigenvalue weighted by atomic mass is 16.6. The average molecular weight is 440 g/mol. The molecule has 7 heteroatoms. The van der Waals surface area contributed by atoms with Gasteiger partial charge in [0.15, 0.2) is 11.5 Å². The van der Waals surface area contributed by atoms with E-state index in [4.69, 9.17) is 0 Å². The molecule has 1 N–H and O–H groups in total. The zero-order chi connectivity index (χ0) is 23.5. The maximum absolute atomic E-state index is 13.2. The van der Waals surface area contributed by atoms with E-state index >= 15 is 0 Å². The van der Waals surface area contributed by atoms with Crippen molar-refractivity contribution in [1.82, 2.24) is 0 Å². The summed E-state index contributed by atoms with van der Waals surface area (Å²) in [4.78, 5) is 38.4. The molecule has 7 nitrogen and oxygen atoms in total. The van der Waals surface area contributed by atoms with Gasteiger partial charge in [-0.05, 0) is 41.8 Å². The van der Waals surface area contributed by atoms with Crippen LogP contribution in [0.15, 0.2) is 96.3 Å². The van der Waals surface area contributed by atoms with Gasteiger partial charge in [-0.2, -0.15) is 0 Å².